The number of nitrogens with two attached hydrogens (primary N) is 1. The minimum absolute atomic E-state index is 0.00341. The molecule has 3 atom stereocenters. The summed E-state index contributed by atoms with van der Waals surface area (Å²) in [6, 6.07) is 8.06. The topological polar surface area (TPSA) is 170 Å². The van der Waals surface area contributed by atoms with E-state index in [1.807, 2.05) is 0 Å². The number of hydrogen-bond donors (Lipinski definition) is 6. The SMILES string of the molecule is N/C(=N/C1C=N1)NC[C@H](NC(=O)c1c(Cl)cc(CCC(O)c2cccc(O)c2)cc1Cl)C(=O)O. The molecule has 0 bridgehead atoms. The molecule has 3 rings (SSSR count). The fraction of sp³-hybridized carbons (Fsp3) is 0.273. The number of carboxylic acid groups (broad SMARTS) is 1. The molecule has 1 amide bonds. The Hall–Kier alpha value is -3.34. The number of aliphatic carboxylic acids is 1. The number of aryl methyl sites for hydroxylation is 1. The Labute approximate surface area is 205 Å². The number of phenolic OH excluding ortho intramolecular Hbond substituents is 1. The lowest BCUT2D eigenvalue weighted by Crippen LogP contribution is -2.50. The number of amides is 1. The molecule has 2 aromatic carbocycles. The van der Waals surface area contributed by atoms with Crippen molar-refractivity contribution >= 4 is 47.3 Å². The summed E-state index contributed by atoms with van der Waals surface area (Å²) in [6.45, 7) is -0.219. The van der Waals surface area contributed by atoms with Crippen molar-refractivity contribution in [3.05, 3.63) is 63.1 Å². The predicted octanol–water partition coefficient (Wildman–Crippen LogP) is 1.86. The third-order valence-corrected chi connectivity index (χ3v) is 5.53. The van der Waals surface area contributed by atoms with Crippen molar-refractivity contribution < 1.29 is 24.9 Å². The van der Waals surface area contributed by atoms with Crippen LogP contribution in [0.5, 0.6) is 5.75 Å². The number of aliphatic hydroxyl groups is 1. The summed E-state index contributed by atoms with van der Waals surface area (Å²) in [7, 11) is 0. The van der Waals surface area contributed by atoms with Gasteiger partial charge in [-0.05, 0) is 48.2 Å². The fourth-order valence-electron chi connectivity index (χ4n) is 3.12. The van der Waals surface area contributed by atoms with Gasteiger partial charge in [-0.25, -0.2) is 9.79 Å². The highest BCUT2D eigenvalue weighted by atomic mass is 35.5. The van der Waals surface area contributed by atoms with Crippen LogP contribution in [-0.2, 0) is 11.2 Å². The number of nitrogens with one attached hydrogen (secondary N) is 2. The third kappa shape index (κ3) is 7.08. The van der Waals surface area contributed by atoms with Gasteiger partial charge in [0.25, 0.3) is 5.91 Å². The quantitative estimate of drug-likeness (QED) is 0.210. The number of aliphatic imine (C=N–C) groups is 2. The number of halogens is 2. The molecule has 12 heteroatoms. The number of nitrogens with zero attached hydrogens (tertiary/aromatic N) is 2. The van der Waals surface area contributed by atoms with E-state index in [-0.39, 0.29) is 40.0 Å². The van der Waals surface area contributed by atoms with Gasteiger partial charge < -0.3 is 31.7 Å². The van der Waals surface area contributed by atoms with Gasteiger partial charge in [-0.1, -0.05) is 35.3 Å². The van der Waals surface area contributed by atoms with Crippen molar-refractivity contribution in [2.45, 2.75) is 31.2 Å². The van der Waals surface area contributed by atoms with Gasteiger partial charge in [0, 0.05) is 12.8 Å². The van der Waals surface area contributed by atoms with Gasteiger partial charge in [-0.15, -0.1) is 0 Å². The summed E-state index contributed by atoms with van der Waals surface area (Å²) in [5.74, 6) is -2.01. The summed E-state index contributed by atoms with van der Waals surface area (Å²) in [4.78, 5) is 32.0. The zero-order valence-corrected chi connectivity index (χ0v) is 19.3. The standard InChI is InChI=1S/C22H23Cl2N5O5/c23-14-6-11(4-5-17(31)12-2-1-3-13(30)8-12)7-15(24)19(14)20(32)28-16(21(33)34)9-27-22(25)29-18-10-26-18/h1-3,6-8,10,16-18,30-31H,4-5,9H2,(H,28,32)(H,33,34)(H3,25,27,29)/t16-,17?,18?/m0/s1. The second kappa shape index (κ2) is 11.2. The molecular weight excluding hydrogens is 485 g/mol. The van der Waals surface area contributed by atoms with Crippen LogP contribution in [0.25, 0.3) is 0 Å². The molecule has 0 radical (unpaired) electrons. The van der Waals surface area contributed by atoms with Crippen LogP contribution in [0.2, 0.25) is 10.0 Å². The van der Waals surface area contributed by atoms with E-state index >= 15 is 0 Å². The number of hydrogen-bond acceptors (Lipinski definition) is 6. The number of phenols is 1. The van der Waals surface area contributed by atoms with Gasteiger partial charge in [0.1, 0.15) is 11.8 Å². The second-order valence-electron chi connectivity index (χ2n) is 7.56. The minimum atomic E-state index is -1.33. The second-order valence-corrected chi connectivity index (χ2v) is 8.37. The van der Waals surface area contributed by atoms with E-state index in [2.05, 4.69) is 20.6 Å². The van der Waals surface area contributed by atoms with E-state index in [0.717, 1.165) is 0 Å². The molecule has 0 fully saturated rings. The molecule has 0 saturated carbocycles. The molecule has 180 valence electrons. The fourth-order valence-corrected chi connectivity index (χ4v) is 3.82. The van der Waals surface area contributed by atoms with Crippen LogP contribution >= 0.6 is 23.2 Å². The van der Waals surface area contributed by atoms with Gasteiger partial charge in [0.2, 0.25) is 0 Å². The van der Waals surface area contributed by atoms with Crippen LogP contribution in [0.3, 0.4) is 0 Å². The van der Waals surface area contributed by atoms with Crippen LogP contribution in [0.15, 0.2) is 46.4 Å². The molecule has 10 nitrogen and oxygen atoms in total. The van der Waals surface area contributed by atoms with E-state index in [9.17, 15) is 24.9 Å². The molecule has 2 aromatic rings. The van der Waals surface area contributed by atoms with E-state index < -0.39 is 24.0 Å². The van der Waals surface area contributed by atoms with Crippen LogP contribution in [0, 0.1) is 0 Å². The Morgan fingerprint density at radius 2 is 1.88 bits per heavy atom. The molecule has 7 N–H and O–H groups in total. The Balaban J connectivity index is 1.63. The summed E-state index contributed by atoms with van der Waals surface area (Å²) < 4.78 is 0. The smallest absolute Gasteiger partial charge is 0.328 e. The number of guanidine groups is 1. The summed E-state index contributed by atoms with van der Waals surface area (Å²) in [6.07, 6.45) is 1.12. The third-order valence-electron chi connectivity index (χ3n) is 4.93. The number of benzene rings is 2. The van der Waals surface area contributed by atoms with Crippen molar-refractivity contribution in [3.8, 4) is 5.75 Å². The van der Waals surface area contributed by atoms with Crippen molar-refractivity contribution in [1.82, 2.24) is 10.6 Å². The average Bonchev–Trinajstić information content (AvgIpc) is 3.58. The first kappa shape index (κ1) is 25.3. The Kier molecular flexibility index (Phi) is 8.32. The molecule has 1 heterocycles. The number of carboxylic acids is 1. The van der Waals surface area contributed by atoms with Gasteiger partial charge in [0.05, 0.1) is 21.7 Å². The number of carbonyl (C=O) groups is 2. The summed E-state index contributed by atoms with van der Waals surface area (Å²) >= 11 is 12.6. The highest BCUT2D eigenvalue weighted by Gasteiger charge is 2.24. The first-order valence-corrected chi connectivity index (χ1v) is 11.0. The average molecular weight is 508 g/mol. The van der Waals surface area contributed by atoms with Crippen LogP contribution in [0.1, 0.15) is 34.0 Å². The largest absolute Gasteiger partial charge is 0.508 e. The first-order chi connectivity index (χ1) is 16.1. The highest BCUT2D eigenvalue weighted by Crippen LogP contribution is 2.29. The molecule has 34 heavy (non-hydrogen) atoms. The van der Waals surface area contributed by atoms with Gasteiger partial charge in [-0.3, -0.25) is 9.79 Å². The predicted molar refractivity (Wildman–Crippen MR) is 129 cm³/mol. The number of carbonyl (C=O) groups excluding carboxylic acids is 1. The zero-order chi connectivity index (χ0) is 24.8. The van der Waals surface area contributed by atoms with Gasteiger partial charge in [0.15, 0.2) is 12.1 Å². The molecule has 0 aliphatic carbocycles. The van der Waals surface area contributed by atoms with Crippen LogP contribution in [0.4, 0.5) is 0 Å². The lowest BCUT2D eigenvalue weighted by molar-refractivity contribution is -0.139. The summed E-state index contributed by atoms with van der Waals surface area (Å²) in [5, 5.41) is 34.4. The number of aliphatic hydroxyl groups excluding tert-OH is 1. The molecule has 1 aliphatic heterocycles. The van der Waals surface area contributed by atoms with E-state index in [1.54, 1.807) is 18.3 Å². The van der Waals surface area contributed by atoms with Crippen LogP contribution < -0.4 is 16.4 Å². The molecular formula is C22H23Cl2N5O5. The highest BCUT2D eigenvalue weighted by molar-refractivity contribution is 6.39. The minimum Gasteiger partial charge on any atom is -0.508 e. The van der Waals surface area contributed by atoms with Crippen molar-refractivity contribution in [3.63, 3.8) is 0 Å². The first-order valence-electron chi connectivity index (χ1n) is 10.2. The van der Waals surface area contributed by atoms with Crippen molar-refractivity contribution in [2.75, 3.05) is 6.54 Å². The normalized spacial score (nSPS) is 16.6. The lowest BCUT2D eigenvalue weighted by Gasteiger charge is -2.17. The number of rotatable bonds is 10. The maximum Gasteiger partial charge on any atom is 0.328 e. The maximum atomic E-state index is 12.7. The Bertz CT molecular complexity index is 1110. The molecule has 2 unspecified atom stereocenters. The number of aromatic hydroxyl groups is 1. The van der Waals surface area contributed by atoms with E-state index in [0.29, 0.717) is 24.0 Å². The zero-order valence-electron chi connectivity index (χ0n) is 17.8. The molecule has 1 aliphatic rings. The lowest BCUT2D eigenvalue weighted by atomic mass is 10.00. The van der Waals surface area contributed by atoms with Crippen molar-refractivity contribution in [2.24, 2.45) is 15.7 Å². The monoisotopic (exact) mass is 507 g/mol. The Morgan fingerprint density at radius 3 is 2.47 bits per heavy atom. The van der Waals surface area contributed by atoms with Crippen molar-refractivity contribution in [1.29, 1.82) is 0 Å². The van der Waals surface area contributed by atoms with Crippen LogP contribution in [-0.4, -0.2) is 58.1 Å². The van der Waals surface area contributed by atoms with E-state index in [4.69, 9.17) is 28.9 Å². The molecule has 0 saturated heterocycles. The molecule has 0 aromatic heterocycles. The van der Waals surface area contributed by atoms with Gasteiger partial charge in [-0.2, -0.15) is 0 Å². The van der Waals surface area contributed by atoms with Gasteiger partial charge >= 0.3 is 5.97 Å². The summed E-state index contributed by atoms with van der Waals surface area (Å²) in [5.41, 5.74) is 6.82. The van der Waals surface area contributed by atoms with E-state index in [1.165, 1.54) is 24.3 Å². The Morgan fingerprint density at radius 1 is 1.21 bits per heavy atom. The maximum absolute atomic E-state index is 12.7. The molecule has 0 spiro atoms.